The maximum atomic E-state index is 12.1. The molecule has 0 rings (SSSR count). The van der Waals surface area contributed by atoms with Crippen LogP contribution in [0.1, 0.15) is 65.2 Å². The highest BCUT2D eigenvalue weighted by molar-refractivity contribution is 6.18. The fraction of sp³-hybridized carbons (Fsp3) is 0.875. The van der Waals surface area contributed by atoms with E-state index in [-0.39, 0.29) is 18.5 Å². The number of halogens is 1. The summed E-state index contributed by atoms with van der Waals surface area (Å²) in [7, 11) is 0. The first-order valence-corrected chi connectivity index (χ1v) is 8.85. The van der Waals surface area contributed by atoms with Crippen LogP contribution in [0, 0.1) is 0 Å². The van der Waals surface area contributed by atoms with Crippen LogP contribution < -0.4 is 5.32 Å². The number of hydrogen-bond acceptors (Lipinski definition) is 4. The lowest BCUT2D eigenvalue weighted by Gasteiger charge is -2.17. The monoisotopic (exact) mass is 335 g/mol. The minimum Gasteiger partial charge on any atom is -0.464 e. The topological polar surface area (TPSA) is 64.6 Å². The molecule has 0 aromatic heterocycles. The number of amides is 1. The first-order valence-electron chi connectivity index (χ1n) is 8.31. The van der Waals surface area contributed by atoms with E-state index in [0.717, 1.165) is 44.9 Å². The SMILES string of the molecule is CCCCCCC(NC(=O)OCCCl)C(=O)OCCCCC. The molecule has 0 bridgehead atoms. The van der Waals surface area contributed by atoms with E-state index in [9.17, 15) is 9.59 Å². The second kappa shape index (κ2) is 14.9. The first-order chi connectivity index (χ1) is 10.7. The molecule has 0 spiro atoms. The van der Waals surface area contributed by atoms with Gasteiger partial charge < -0.3 is 14.8 Å². The Labute approximate surface area is 139 Å². The standard InChI is InChI=1S/C16H30ClNO4/c1-3-5-7-8-10-14(18-16(20)22-13-11-17)15(19)21-12-9-6-4-2/h14H,3-13H2,1-2H3,(H,18,20). The van der Waals surface area contributed by atoms with Crippen molar-refractivity contribution in [1.29, 1.82) is 0 Å². The smallest absolute Gasteiger partial charge is 0.407 e. The van der Waals surface area contributed by atoms with Crippen molar-refractivity contribution in [2.24, 2.45) is 0 Å². The highest BCUT2D eigenvalue weighted by atomic mass is 35.5. The molecule has 0 saturated carbocycles. The predicted molar refractivity (Wildman–Crippen MR) is 88.2 cm³/mol. The molecule has 1 atom stereocenters. The quantitative estimate of drug-likeness (QED) is 0.313. The molecule has 6 heteroatoms. The van der Waals surface area contributed by atoms with E-state index < -0.39 is 12.1 Å². The third kappa shape index (κ3) is 11.7. The van der Waals surface area contributed by atoms with Crippen LogP contribution in [0.5, 0.6) is 0 Å². The lowest BCUT2D eigenvalue weighted by molar-refractivity contribution is -0.146. The Kier molecular flexibility index (Phi) is 14.3. The third-order valence-corrected chi connectivity index (χ3v) is 3.38. The Morgan fingerprint density at radius 2 is 1.64 bits per heavy atom. The van der Waals surface area contributed by atoms with Crippen molar-refractivity contribution >= 4 is 23.7 Å². The summed E-state index contributed by atoms with van der Waals surface area (Å²) >= 11 is 5.46. The molecule has 22 heavy (non-hydrogen) atoms. The van der Waals surface area contributed by atoms with E-state index in [1.54, 1.807) is 0 Å². The van der Waals surface area contributed by atoms with Crippen LogP contribution in [-0.4, -0.2) is 37.2 Å². The van der Waals surface area contributed by atoms with Gasteiger partial charge in [-0.2, -0.15) is 0 Å². The van der Waals surface area contributed by atoms with Crippen LogP contribution in [0.25, 0.3) is 0 Å². The van der Waals surface area contributed by atoms with Gasteiger partial charge in [0.05, 0.1) is 12.5 Å². The Balaban J connectivity index is 4.23. The lowest BCUT2D eigenvalue weighted by Crippen LogP contribution is -2.42. The molecule has 0 saturated heterocycles. The normalized spacial score (nSPS) is 11.8. The summed E-state index contributed by atoms with van der Waals surface area (Å²) in [5, 5.41) is 2.58. The number of hydrogen-bond donors (Lipinski definition) is 1. The Morgan fingerprint density at radius 1 is 0.955 bits per heavy atom. The van der Waals surface area contributed by atoms with Crippen molar-refractivity contribution in [1.82, 2.24) is 5.32 Å². The summed E-state index contributed by atoms with van der Waals surface area (Å²) in [6.45, 7) is 4.74. The summed E-state index contributed by atoms with van der Waals surface area (Å²) in [5.74, 6) is -0.147. The zero-order valence-electron chi connectivity index (χ0n) is 13.9. The summed E-state index contributed by atoms with van der Waals surface area (Å²) in [4.78, 5) is 23.6. The van der Waals surface area contributed by atoms with Crippen LogP contribution in [0.3, 0.4) is 0 Å². The number of alkyl halides is 1. The van der Waals surface area contributed by atoms with Gasteiger partial charge in [0.15, 0.2) is 0 Å². The summed E-state index contributed by atoms with van der Waals surface area (Å²) in [5.41, 5.74) is 0. The van der Waals surface area contributed by atoms with E-state index in [0.29, 0.717) is 13.0 Å². The minimum absolute atomic E-state index is 0.126. The number of ether oxygens (including phenoxy) is 2. The van der Waals surface area contributed by atoms with Crippen molar-refractivity contribution in [3.63, 3.8) is 0 Å². The molecular weight excluding hydrogens is 306 g/mol. The molecule has 1 amide bonds. The molecule has 0 aromatic carbocycles. The summed E-state index contributed by atoms with van der Waals surface area (Å²) in [6.07, 6.45) is 7.05. The van der Waals surface area contributed by atoms with Crippen LogP contribution >= 0.6 is 11.6 Å². The second-order valence-electron chi connectivity index (χ2n) is 5.25. The van der Waals surface area contributed by atoms with Crippen molar-refractivity contribution in [3.05, 3.63) is 0 Å². The minimum atomic E-state index is -0.638. The molecule has 0 aliphatic rings. The van der Waals surface area contributed by atoms with Gasteiger partial charge in [0.2, 0.25) is 0 Å². The van der Waals surface area contributed by atoms with Crippen LogP contribution in [0.2, 0.25) is 0 Å². The predicted octanol–water partition coefficient (Wildman–Crippen LogP) is 4.02. The van der Waals surface area contributed by atoms with Crippen molar-refractivity contribution in [3.8, 4) is 0 Å². The summed E-state index contributed by atoms with van der Waals surface area (Å²) in [6, 6.07) is -0.638. The zero-order valence-corrected chi connectivity index (χ0v) is 14.6. The van der Waals surface area contributed by atoms with E-state index in [1.807, 2.05) is 0 Å². The highest BCUT2D eigenvalue weighted by Crippen LogP contribution is 2.08. The fourth-order valence-electron chi connectivity index (χ4n) is 1.96. The van der Waals surface area contributed by atoms with Crippen LogP contribution in [-0.2, 0) is 14.3 Å². The number of nitrogens with one attached hydrogen (secondary N) is 1. The number of rotatable bonds is 13. The van der Waals surface area contributed by atoms with Crippen molar-refractivity contribution < 1.29 is 19.1 Å². The molecule has 1 unspecified atom stereocenters. The third-order valence-electron chi connectivity index (χ3n) is 3.23. The van der Waals surface area contributed by atoms with E-state index in [2.05, 4.69) is 19.2 Å². The Hall–Kier alpha value is -0.970. The second-order valence-corrected chi connectivity index (χ2v) is 5.62. The number of carbonyl (C=O) groups excluding carboxylic acids is 2. The molecule has 1 N–H and O–H groups in total. The van der Waals surface area contributed by atoms with Gasteiger partial charge in [-0.05, 0) is 12.8 Å². The molecule has 0 heterocycles. The largest absolute Gasteiger partial charge is 0.464 e. The maximum Gasteiger partial charge on any atom is 0.407 e. The van der Waals surface area contributed by atoms with Gasteiger partial charge in [0, 0.05) is 0 Å². The number of alkyl carbamates (subject to hydrolysis) is 1. The Morgan fingerprint density at radius 3 is 2.27 bits per heavy atom. The molecule has 0 aliphatic carbocycles. The molecule has 0 aliphatic heterocycles. The Bertz CT molecular complexity index is 300. The molecule has 0 radical (unpaired) electrons. The maximum absolute atomic E-state index is 12.1. The average Bonchev–Trinajstić information content (AvgIpc) is 2.52. The highest BCUT2D eigenvalue weighted by Gasteiger charge is 2.22. The van der Waals surface area contributed by atoms with Gasteiger partial charge in [-0.25, -0.2) is 9.59 Å². The number of unbranched alkanes of at least 4 members (excludes halogenated alkanes) is 5. The van der Waals surface area contributed by atoms with Gasteiger partial charge >= 0.3 is 12.1 Å². The summed E-state index contributed by atoms with van der Waals surface area (Å²) < 4.78 is 10.1. The fourth-order valence-corrected chi connectivity index (χ4v) is 2.04. The van der Waals surface area contributed by atoms with Gasteiger partial charge in [0.25, 0.3) is 0 Å². The lowest BCUT2D eigenvalue weighted by atomic mass is 10.1. The number of esters is 1. The van der Waals surface area contributed by atoms with Gasteiger partial charge in [-0.3, -0.25) is 0 Å². The van der Waals surface area contributed by atoms with E-state index in [1.165, 1.54) is 0 Å². The van der Waals surface area contributed by atoms with E-state index >= 15 is 0 Å². The molecule has 130 valence electrons. The zero-order chi connectivity index (χ0) is 16.6. The van der Waals surface area contributed by atoms with Gasteiger partial charge in [-0.1, -0.05) is 52.4 Å². The van der Waals surface area contributed by atoms with Crippen molar-refractivity contribution in [2.45, 2.75) is 71.3 Å². The van der Waals surface area contributed by atoms with Crippen molar-refractivity contribution in [2.75, 3.05) is 19.1 Å². The first kappa shape index (κ1) is 21.0. The van der Waals surface area contributed by atoms with E-state index in [4.69, 9.17) is 21.1 Å². The molecule has 5 nitrogen and oxygen atoms in total. The van der Waals surface area contributed by atoms with Crippen LogP contribution in [0.4, 0.5) is 4.79 Å². The molecule has 0 fully saturated rings. The van der Waals surface area contributed by atoms with Crippen LogP contribution in [0.15, 0.2) is 0 Å². The molecule has 0 aromatic rings. The molecular formula is C16H30ClNO4. The average molecular weight is 336 g/mol. The van der Waals surface area contributed by atoms with Gasteiger partial charge in [0.1, 0.15) is 12.6 Å². The van der Waals surface area contributed by atoms with Gasteiger partial charge in [-0.15, -0.1) is 11.6 Å². The number of carbonyl (C=O) groups is 2.